The standard InChI is InChI=1S/C16H22N4OS/c1-4-17-14(21)16(2,3)11-18-15-20-19-13(22-15)10-12-8-6-5-7-9-12/h5-9H,4,10-11H2,1-3H3,(H,17,21)(H,18,20). The Balaban J connectivity index is 1.91. The Morgan fingerprint density at radius 1 is 1.23 bits per heavy atom. The van der Waals surface area contributed by atoms with Gasteiger partial charge in [0.15, 0.2) is 0 Å². The van der Waals surface area contributed by atoms with Crippen LogP contribution in [0.25, 0.3) is 0 Å². The monoisotopic (exact) mass is 318 g/mol. The number of aromatic nitrogens is 2. The first-order chi connectivity index (χ1) is 10.5. The summed E-state index contributed by atoms with van der Waals surface area (Å²) in [6.07, 6.45) is 0.778. The lowest BCUT2D eigenvalue weighted by Crippen LogP contribution is -2.41. The van der Waals surface area contributed by atoms with Gasteiger partial charge in [0.2, 0.25) is 11.0 Å². The van der Waals surface area contributed by atoms with Gasteiger partial charge in [-0.1, -0.05) is 41.7 Å². The van der Waals surface area contributed by atoms with Crippen molar-refractivity contribution in [2.75, 3.05) is 18.4 Å². The molecular formula is C16H22N4OS. The fourth-order valence-electron chi connectivity index (χ4n) is 1.94. The van der Waals surface area contributed by atoms with Crippen molar-refractivity contribution in [2.45, 2.75) is 27.2 Å². The number of carbonyl (C=O) groups excluding carboxylic acids is 1. The van der Waals surface area contributed by atoms with Crippen LogP contribution in [-0.2, 0) is 11.2 Å². The van der Waals surface area contributed by atoms with Crippen LogP contribution in [-0.4, -0.2) is 29.2 Å². The van der Waals surface area contributed by atoms with Crippen molar-refractivity contribution >= 4 is 22.4 Å². The maximum atomic E-state index is 11.9. The van der Waals surface area contributed by atoms with Crippen molar-refractivity contribution in [1.82, 2.24) is 15.5 Å². The largest absolute Gasteiger partial charge is 0.359 e. The second-order valence-electron chi connectivity index (χ2n) is 5.76. The van der Waals surface area contributed by atoms with Gasteiger partial charge < -0.3 is 10.6 Å². The summed E-state index contributed by atoms with van der Waals surface area (Å²) < 4.78 is 0. The van der Waals surface area contributed by atoms with Crippen molar-refractivity contribution in [3.8, 4) is 0 Å². The topological polar surface area (TPSA) is 66.9 Å². The molecular weight excluding hydrogens is 296 g/mol. The minimum absolute atomic E-state index is 0.0384. The molecule has 2 N–H and O–H groups in total. The third-order valence-electron chi connectivity index (χ3n) is 3.30. The van der Waals surface area contributed by atoms with E-state index in [0.29, 0.717) is 13.1 Å². The molecule has 2 aromatic rings. The Labute approximate surface area is 135 Å². The second-order valence-corrected chi connectivity index (χ2v) is 6.82. The molecule has 22 heavy (non-hydrogen) atoms. The molecule has 118 valence electrons. The van der Waals surface area contributed by atoms with Gasteiger partial charge in [0.05, 0.1) is 5.41 Å². The van der Waals surface area contributed by atoms with Crippen molar-refractivity contribution in [2.24, 2.45) is 5.41 Å². The number of carbonyl (C=O) groups is 1. The average Bonchev–Trinajstić information content (AvgIpc) is 2.94. The molecule has 0 radical (unpaired) electrons. The predicted octanol–water partition coefficient (Wildman–Crippen LogP) is 2.70. The van der Waals surface area contributed by atoms with Crippen LogP contribution in [0.15, 0.2) is 30.3 Å². The molecule has 0 aliphatic carbocycles. The highest BCUT2D eigenvalue weighted by Crippen LogP contribution is 2.21. The second kappa shape index (κ2) is 7.35. The van der Waals surface area contributed by atoms with Crippen LogP contribution in [0.5, 0.6) is 0 Å². The molecule has 6 heteroatoms. The molecule has 0 bridgehead atoms. The summed E-state index contributed by atoms with van der Waals surface area (Å²) in [6, 6.07) is 10.2. The summed E-state index contributed by atoms with van der Waals surface area (Å²) in [5, 5.41) is 16.1. The molecule has 1 aromatic heterocycles. The van der Waals surface area contributed by atoms with Gasteiger partial charge >= 0.3 is 0 Å². The molecule has 0 aliphatic heterocycles. The molecule has 0 spiro atoms. The highest BCUT2D eigenvalue weighted by atomic mass is 32.1. The van der Waals surface area contributed by atoms with E-state index in [4.69, 9.17) is 0 Å². The summed E-state index contributed by atoms with van der Waals surface area (Å²) >= 11 is 1.53. The van der Waals surface area contributed by atoms with E-state index in [1.54, 1.807) is 0 Å². The molecule has 1 heterocycles. The zero-order chi connectivity index (χ0) is 16.0. The van der Waals surface area contributed by atoms with Crippen LogP contribution >= 0.6 is 11.3 Å². The summed E-state index contributed by atoms with van der Waals surface area (Å²) in [5.74, 6) is 0.0384. The molecule has 0 fully saturated rings. The molecule has 0 unspecified atom stereocenters. The van der Waals surface area contributed by atoms with Crippen LogP contribution in [0.2, 0.25) is 0 Å². The molecule has 1 aromatic carbocycles. The highest BCUT2D eigenvalue weighted by molar-refractivity contribution is 7.15. The van der Waals surface area contributed by atoms with Crippen molar-refractivity contribution in [3.63, 3.8) is 0 Å². The molecule has 5 nitrogen and oxygen atoms in total. The lowest BCUT2D eigenvalue weighted by atomic mass is 9.92. The van der Waals surface area contributed by atoms with E-state index >= 15 is 0 Å². The van der Waals surface area contributed by atoms with Crippen molar-refractivity contribution in [3.05, 3.63) is 40.9 Å². The predicted molar refractivity (Wildman–Crippen MR) is 90.1 cm³/mol. The van der Waals surface area contributed by atoms with E-state index in [1.165, 1.54) is 16.9 Å². The smallest absolute Gasteiger partial charge is 0.227 e. The Morgan fingerprint density at radius 2 is 1.95 bits per heavy atom. The van der Waals surface area contributed by atoms with Crippen LogP contribution in [0, 0.1) is 5.41 Å². The summed E-state index contributed by atoms with van der Waals surface area (Å²) in [5.41, 5.74) is 0.731. The number of nitrogens with zero attached hydrogens (tertiary/aromatic N) is 2. The minimum Gasteiger partial charge on any atom is -0.359 e. The third-order valence-corrected chi connectivity index (χ3v) is 4.18. The van der Waals surface area contributed by atoms with Gasteiger partial charge in [0, 0.05) is 19.5 Å². The van der Waals surface area contributed by atoms with E-state index in [-0.39, 0.29) is 5.91 Å². The third kappa shape index (κ3) is 4.53. The average molecular weight is 318 g/mol. The van der Waals surface area contributed by atoms with E-state index in [9.17, 15) is 4.79 Å². The first kappa shape index (κ1) is 16.4. The zero-order valence-corrected chi connectivity index (χ0v) is 14.0. The number of hydrogen-bond donors (Lipinski definition) is 2. The summed E-state index contributed by atoms with van der Waals surface area (Å²) in [7, 11) is 0. The minimum atomic E-state index is -0.485. The van der Waals surface area contributed by atoms with Gasteiger partial charge in [-0.15, -0.1) is 10.2 Å². The Kier molecular flexibility index (Phi) is 5.49. The Bertz CT molecular complexity index is 610. The number of benzene rings is 1. The van der Waals surface area contributed by atoms with Crippen LogP contribution < -0.4 is 10.6 Å². The van der Waals surface area contributed by atoms with E-state index in [2.05, 4.69) is 33.0 Å². The fourth-order valence-corrected chi connectivity index (χ4v) is 2.71. The van der Waals surface area contributed by atoms with Crippen LogP contribution in [0.4, 0.5) is 5.13 Å². The molecule has 0 atom stereocenters. The van der Waals surface area contributed by atoms with Gasteiger partial charge in [0.25, 0.3) is 0 Å². The normalized spacial score (nSPS) is 11.2. The first-order valence-corrected chi connectivity index (χ1v) is 8.21. The number of anilines is 1. The lowest BCUT2D eigenvalue weighted by Gasteiger charge is -2.23. The van der Waals surface area contributed by atoms with Gasteiger partial charge in [-0.2, -0.15) is 0 Å². The number of rotatable bonds is 7. The number of hydrogen-bond acceptors (Lipinski definition) is 5. The Hall–Kier alpha value is -1.95. The van der Waals surface area contributed by atoms with Crippen molar-refractivity contribution in [1.29, 1.82) is 0 Å². The quantitative estimate of drug-likeness (QED) is 0.824. The summed E-state index contributed by atoms with van der Waals surface area (Å²) in [4.78, 5) is 11.9. The molecule has 0 saturated heterocycles. The SMILES string of the molecule is CCNC(=O)C(C)(C)CNc1nnc(Cc2ccccc2)s1. The van der Waals surface area contributed by atoms with Crippen LogP contribution in [0.3, 0.4) is 0 Å². The van der Waals surface area contributed by atoms with Crippen LogP contribution in [0.1, 0.15) is 31.3 Å². The number of nitrogens with one attached hydrogen (secondary N) is 2. The Morgan fingerprint density at radius 3 is 2.64 bits per heavy atom. The maximum absolute atomic E-state index is 11.9. The van der Waals surface area contributed by atoms with E-state index in [0.717, 1.165) is 16.6 Å². The molecule has 0 saturated carbocycles. The lowest BCUT2D eigenvalue weighted by molar-refractivity contribution is -0.128. The highest BCUT2D eigenvalue weighted by Gasteiger charge is 2.27. The summed E-state index contributed by atoms with van der Waals surface area (Å²) in [6.45, 7) is 6.91. The molecule has 2 rings (SSSR count). The van der Waals surface area contributed by atoms with Gasteiger partial charge in [-0.25, -0.2) is 0 Å². The van der Waals surface area contributed by atoms with E-state index in [1.807, 2.05) is 39.0 Å². The maximum Gasteiger partial charge on any atom is 0.227 e. The van der Waals surface area contributed by atoms with Crippen molar-refractivity contribution < 1.29 is 4.79 Å². The van der Waals surface area contributed by atoms with Gasteiger partial charge in [0.1, 0.15) is 5.01 Å². The number of amides is 1. The molecule has 0 aliphatic rings. The zero-order valence-electron chi connectivity index (χ0n) is 13.2. The van der Waals surface area contributed by atoms with Gasteiger partial charge in [-0.3, -0.25) is 4.79 Å². The first-order valence-electron chi connectivity index (χ1n) is 7.40. The van der Waals surface area contributed by atoms with E-state index < -0.39 is 5.41 Å². The fraction of sp³-hybridized carbons (Fsp3) is 0.438. The molecule has 1 amide bonds. The van der Waals surface area contributed by atoms with Gasteiger partial charge in [-0.05, 0) is 26.3 Å².